The van der Waals surface area contributed by atoms with E-state index >= 15 is 0 Å². The lowest BCUT2D eigenvalue weighted by atomic mass is 10.4. The lowest BCUT2D eigenvalue weighted by Crippen LogP contribution is -1.69. The standard InChI is InChI=1S/C6H6.C3H8O.2CNO/c1-2-4-6-5-3-1;1-2-3-4;2*2-1-3/h1-6H;4H,2-3H2,1H3;;/q;;2*-1. The highest BCUT2D eigenvalue weighted by Gasteiger charge is 1.58. The first-order valence-electron chi connectivity index (χ1n) is 4.38. The van der Waals surface area contributed by atoms with Crippen LogP contribution in [-0.4, -0.2) is 23.9 Å². The van der Waals surface area contributed by atoms with Crippen molar-refractivity contribution in [2.24, 2.45) is 0 Å². The van der Waals surface area contributed by atoms with Crippen molar-refractivity contribution in [1.29, 1.82) is 0 Å². The number of hydrogen-bond acceptors (Lipinski definition) is 3. The first-order valence-corrected chi connectivity index (χ1v) is 4.38. The van der Waals surface area contributed by atoms with Gasteiger partial charge in [-0.1, -0.05) is 43.3 Å². The number of nitrogens with zero attached hydrogens (tertiary/aromatic N) is 2. The second kappa shape index (κ2) is 29.3. The SMILES string of the molecule is CCCO.[N-]=C=O.[N-]=C=O.c1ccccc1. The Morgan fingerprint density at radius 3 is 1.12 bits per heavy atom. The average Bonchev–Trinajstić information content (AvgIpc) is 2.34. The lowest BCUT2D eigenvalue weighted by molar-refractivity contribution is 0.295. The summed E-state index contributed by atoms with van der Waals surface area (Å²) in [6.45, 7) is 2.25. The molecule has 0 aliphatic carbocycles. The molecule has 0 atom stereocenters. The van der Waals surface area contributed by atoms with E-state index in [0.29, 0.717) is 18.8 Å². The minimum absolute atomic E-state index is 0.319. The summed E-state index contributed by atoms with van der Waals surface area (Å²) < 4.78 is 0. The van der Waals surface area contributed by atoms with Crippen molar-refractivity contribution in [3.8, 4) is 0 Å². The maximum Gasteiger partial charge on any atom is 0.0428 e. The molecule has 0 heterocycles. The molecular formula is C11H14N2O3-2. The quantitative estimate of drug-likeness (QED) is 0.579. The zero-order valence-electron chi connectivity index (χ0n) is 9.04. The van der Waals surface area contributed by atoms with Gasteiger partial charge in [-0.05, 0) is 18.6 Å². The van der Waals surface area contributed by atoms with Crippen LogP contribution in [0, 0.1) is 0 Å². The van der Waals surface area contributed by atoms with E-state index in [0.717, 1.165) is 6.42 Å². The molecule has 5 heteroatoms. The number of rotatable bonds is 1. The third kappa shape index (κ3) is 58.6. The molecule has 0 amide bonds. The third-order valence-electron chi connectivity index (χ3n) is 0.890. The maximum absolute atomic E-state index is 8.24. The number of aliphatic hydroxyl groups excluding tert-OH is 1. The summed E-state index contributed by atoms with van der Waals surface area (Å²) in [4.78, 5) is 16.5. The third-order valence-corrected chi connectivity index (χ3v) is 0.890. The fraction of sp³-hybridized carbons (Fsp3) is 0.273. The van der Waals surface area contributed by atoms with Gasteiger partial charge in [0.05, 0.1) is 0 Å². The molecule has 1 N–H and O–H groups in total. The predicted octanol–water partition coefficient (Wildman–Crippen LogP) is 1.86. The molecule has 0 saturated carbocycles. The van der Waals surface area contributed by atoms with Crippen LogP contribution in [0.3, 0.4) is 0 Å². The Kier molecular flexibility index (Phi) is 35.7. The zero-order valence-corrected chi connectivity index (χ0v) is 9.04. The Bertz CT molecular complexity index is 223. The first kappa shape index (κ1) is 19.5. The minimum Gasteiger partial charge on any atom is -0.724 e. The number of hydrogen-bond donors (Lipinski definition) is 1. The Balaban J connectivity index is -0.000000150. The van der Waals surface area contributed by atoms with E-state index in [9.17, 15) is 0 Å². The van der Waals surface area contributed by atoms with E-state index in [-0.39, 0.29) is 0 Å². The van der Waals surface area contributed by atoms with Crippen LogP contribution in [-0.2, 0) is 9.59 Å². The van der Waals surface area contributed by atoms with Crippen molar-refractivity contribution in [1.82, 2.24) is 0 Å². The minimum atomic E-state index is 0.319. The molecule has 1 rings (SSSR count). The van der Waals surface area contributed by atoms with Crippen molar-refractivity contribution in [2.45, 2.75) is 13.3 Å². The molecule has 0 unspecified atom stereocenters. The molecule has 1 aromatic carbocycles. The van der Waals surface area contributed by atoms with Crippen LogP contribution in [0.25, 0.3) is 10.8 Å². The van der Waals surface area contributed by atoms with Crippen molar-refractivity contribution in [3.63, 3.8) is 0 Å². The van der Waals surface area contributed by atoms with E-state index in [4.69, 9.17) is 25.5 Å². The zero-order chi connectivity index (χ0) is 13.1. The molecule has 0 saturated heterocycles. The fourth-order valence-electron chi connectivity index (χ4n) is 0.385. The first-order chi connectivity index (χ1) is 7.74. The summed E-state index contributed by atoms with van der Waals surface area (Å²) in [7, 11) is 0. The molecule has 88 valence electrons. The van der Waals surface area contributed by atoms with Crippen LogP contribution in [0.2, 0.25) is 0 Å². The van der Waals surface area contributed by atoms with Gasteiger partial charge in [-0.15, -0.1) is 0 Å². The molecule has 0 bridgehead atoms. The second-order valence-corrected chi connectivity index (χ2v) is 2.06. The van der Waals surface area contributed by atoms with Crippen molar-refractivity contribution >= 4 is 12.2 Å². The predicted molar refractivity (Wildman–Crippen MR) is 61.9 cm³/mol. The summed E-state index contributed by atoms with van der Waals surface area (Å²) in [5.74, 6) is 0. The Morgan fingerprint density at radius 1 is 0.938 bits per heavy atom. The van der Waals surface area contributed by atoms with E-state index in [1.54, 1.807) is 0 Å². The second-order valence-electron chi connectivity index (χ2n) is 2.06. The largest absolute Gasteiger partial charge is 0.724 e. The van der Waals surface area contributed by atoms with Crippen LogP contribution in [0.1, 0.15) is 13.3 Å². The molecule has 0 aliphatic rings. The van der Waals surface area contributed by atoms with E-state index < -0.39 is 0 Å². The van der Waals surface area contributed by atoms with Crippen molar-refractivity contribution in [2.75, 3.05) is 6.61 Å². The summed E-state index contributed by atoms with van der Waals surface area (Å²) in [5.41, 5.74) is 0. The summed E-state index contributed by atoms with van der Waals surface area (Å²) in [5, 5.41) is 21.4. The molecule has 5 nitrogen and oxygen atoms in total. The highest BCUT2D eigenvalue weighted by Crippen LogP contribution is 1.79. The number of benzene rings is 1. The highest BCUT2D eigenvalue weighted by atomic mass is 16.2. The summed E-state index contributed by atoms with van der Waals surface area (Å²) >= 11 is 0. The molecule has 1 aromatic rings. The average molecular weight is 222 g/mol. The van der Waals surface area contributed by atoms with Gasteiger partial charge < -0.3 is 15.9 Å². The molecule has 0 aromatic heterocycles. The molecule has 0 radical (unpaired) electrons. The Hall–Kier alpha value is -2.06. The van der Waals surface area contributed by atoms with Crippen LogP contribution in [0.5, 0.6) is 0 Å². The molecule has 0 spiro atoms. The highest BCUT2D eigenvalue weighted by molar-refractivity contribution is 5.37. The van der Waals surface area contributed by atoms with Crippen molar-refractivity contribution in [3.05, 3.63) is 47.2 Å². The number of carbonyl (C=O) groups excluding carboxylic acids is 2. The van der Waals surface area contributed by atoms with Crippen molar-refractivity contribution < 1.29 is 14.7 Å². The molecular weight excluding hydrogens is 208 g/mol. The molecule has 0 fully saturated rings. The van der Waals surface area contributed by atoms with Crippen LogP contribution in [0.4, 0.5) is 0 Å². The number of aliphatic hydroxyl groups is 1. The van der Waals surface area contributed by atoms with Gasteiger partial charge in [0.15, 0.2) is 0 Å². The summed E-state index contributed by atoms with van der Waals surface area (Å²) in [6, 6.07) is 12.0. The topological polar surface area (TPSA) is 99.0 Å². The van der Waals surface area contributed by atoms with Gasteiger partial charge in [0.2, 0.25) is 0 Å². The van der Waals surface area contributed by atoms with Gasteiger partial charge in [-0.2, -0.15) is 0 Å². The smallest absolute Gasteiger partial charge is 0.0428 e. The van der Waals surface area contributed by atoms with E-state index in [2.05, 4.69) is 0 Å². The van der Waals surface area contributed by atoms with Gasteiger partial charge >= 0.3 is 0 Å². The molecule has 0 aliphatic heterocycles. The van der Waals surface area contributed by atoms with Gasteiger partial charge in [-0.25, -0.2) is 0 Å². The Labute approximate surface area is 94.8 Å². The van der Waals surface area contributed by atoms with Crippen LogP contribution < -0.4 is 0 Å². The maximum atomic E-state index is 8.24. The summed E-state index contributed by atoms with van der Waals surface area (Å²) in [6.07, 6.45) is 1.88. The normalized spacial score (nSPS) is 5.88. The molecule has 16 heavy (non-hydrogen) atoms. The fourth-order valence-corrected chi connectivity index (χ4v) is 0.385. The van der Waals surface area contributed by atoms with Gasteiger partial charge in [0, 0.05) is 6.61 Å². The van der Waals surface area contributed by atoms with Gasteiger partial charge in [-0.3, -0.25) is 9.59 Å². The van der Waals surface area contributed by atoms with E-state index in [1.807, 2.05) is 43.3 Å². The Morgan fingerprint density at radius 2 is 1.06 bits per heavy atom. The van der Waals surface area contributed by atoms with E-state index in [1.165, 1.54) is 0 Å². The van der Waals surface area contributed by atoms with Crippen LogP contribution >= 0.6 is 0 Å². The van der Waals surface area contributed by atoms with Crippen LogP contribution in [0.15, 0.2) is 36.4 Å². The number of isocyanates is 2. The van der Waals surface area contributed by atoms with Gasteiger partial charge in [0.25, 0.3) is 0 Å². The monoisotopic (exact) mass is 222 g/mol. The lowest BCUT2D eigenvalue weighted by Gasteiger charge is -1.69. The van der Waals surface area contributed by atoms with Gasteiger partial charge in [0.1, 0.15) is 0 Å².